The standard InChI is InChI=1S/C29H22N4OS2/c1-18-14-19(2)27-25(15-18)32-29(36-27)33(17-20-8-5-6-12-30-20)28(34)22-16-24(26-11-7-13-35-26)31-23-10-4-3-9-21(22)23/h3-16H,17H2,1-2H3. The van der Waals surface area contributed by atoms with Crippen LogP contribution < -0.4 is 4.90 Å². The molecular formula is C29H22N4OS2. The van der Waals surface area contributed by atoms with E-state index in [1.807, 2.05) is 66.0 Å². The molecule has 6 aromatic rings. The first-order valence-electron chi connectivity index (χ1n) is 11.6. The second-order valence-electron chi connectivity index (χ2n) is 8.69. The maximum atomic E-state index is 14.4. The fraction of sp³-hybridized carbons (Fsp3) is 0.103. The van der Waals surface area contributed by atoms with Gasteiger partial charge in [0.15, 0.2) is 5.13 Å². The number of hydrogen-bond acceptors (Lipinski definition) is 6. The summed E-state index contributed by atoms with van der Waals surface area (Å²) in [6.45, 7) is 4.48. The van der Waals surface area contributed by atoms with Crippen LogP contribution in [-0.2, 0) is 6.54 Å². The number of thiophene rings is 1. The summed E-state index contributed by atoms with van der Waals surface area (Å²) in [5.74, 6) is -0.120. The van der Waals surface area contributed by atoms with Crippen LogP contribution in [0.3, 0.4) is 0 Å². The van der Waals surface area contributed by atoms with Crippen molar-refractivity contribution in [1.29, 1.82) is 0 Å². The number of thiazole rings is 1. The fourth-order valence-electron chi connectivity index (χ4n) is 4.41. The Labute approximate surface area is 216 Å². The van der Waals surface area contributed by atoms with Gasteiger partial charge in [0.1, 0.15) is 0 Å². The fourth-order valence-corrected chi connectivity index (χ4v) is 6.11. The van der Waals surface area contributed by atoms with Crippen LogP contribution in [0.4, 0.5) is 5.13 Å². The van der Waals surface area contributed by atoms with Crippen molar-refractivity contribution >= 4 is 54.8 Å². The van der Waals surface area contributed by atoms with Gasteiger partial charge in [0.05, 0.1) is 44.1 Å². The minimum atomic E-state index is -0.120. The molecule has 1 amide bonds. The molecule has 0 saturated carbocycles. The molecule has 0 atom stereocenters. The van der Waals surface area contributed by atoms with Crippen LogP contribution in [0, 0.1) is 13.8 Å². The molecule has 4 aromatic heterocycles. The highest BCUT2D eigenvalue weighted by Crippen LogP contribution is 2.35. The third-order valence-electron chi connectivity index (χ3n) is 6.05. The molecule has 176 valence electrons. The van der Waals surface area contributed by atoms with Gasteiger partial charge in [-0.05, 0) is 66.8 Å². The van der Waals surface area contributed by atoms with E-state index in [0.717, 1.165) is 48.5 Å². The molecule has 5 nitrogen and oxygen atoms in total. The van der Waals surface area contributed by atoms with Crippen molar-refractivity contribution in [2.75, 3.05) is 4.90 Å². The molecule has 4 heterocycles. The molecule has 6 rings (SSSR count). The van der Waals surface area contributed by atoms with Gasteiger partial charge in [-0.2, -0.15) is 0 Å². The van der Waals surface area contributed by atoms with Gasteiger partial charge in [-0.25, -0.2) is 9.97 Å². The van der Waals surface area contributed by atoms with E-state index >= 15 is 0 Å². The summed E-state index contributed by atoms with van der Waals surface area (Å²) in [6, 6.07) is 23.7. The van der Waals surface area contributed by atoms with Crippen molar-refractivity contribution in [1.82, 2.24) is 15.0 Å². The maximum absolute atomic E-state index is 14.4. The smallest absolute Gasteiger partial charge is 0.261 e. The summed E-state index contributed by atoms with van der Waals surface area (Å²) in [4.78, 5) is 31.4. The number of aromatic nitrogens is 3. The Morgan fingerprint density at radius 2 is 1.78 bits per heavy atom. The van der Waals surface area contributed by atoms with E-state index < -0.39 is 0 Å². The molecule has 0 radical (unpaired) electrons. The third kappa shape index (κ3) is 4.17. The van der Waals surface area contributed by atoms with E-state index in [1.54, 1.807) is 33.8 Å². The van der Waals surface area contributed by atoms with Crippen LogP contribution in [0.2, 0.25) is 0 Å². The summed E-state index contributed by atoms with van der Waals surface area (Å²) < 4.78 is 1.09. The Bertz CT molecular complexity index is 1710. The van der Waals surface area contributed by atoms with E-state index in [0.29, 0.717) is 17.2 Å². The number of aryl methyl sites for hydroxylation is 2. The van der Waals surface area contributed by atoms with Gasteiger partial charge in [-0.15, -0.1) is 11.3 Å². The lowest BCUT2D eigenvalue weighted by Gasteiger charge is -2.21. The van der Waals surface area contributed by atoms with Gasteiger partial charge in [0.25, 0.3) is 5.91 Å². The number of fused-ring (bicyclic) bond motifs is 2. The molecule has 0 aliphatic heterocycles. The second-order valence-corrected chi connectivity index (χ2v) is 10.6. The highest BCUT2D eigenvalue weighted by Gasteiger charge is 2.25. The highest BCUT2D eigenvalue weighted by molar-refractivity contribution is 7.22. The van der Waals surface area contributed by atoms with E-state index in [1.165, 1.54) is 0 Å². The maximum Gasteiger partial charge on any atom is 0.261 e. The molecule has 0 aliphatic carbocycles. The van der Waals surface area contributed by atoms with Gasteiger partial charge in [-0.3, -0.25) is 14.7 Å². The van der Waals surface area contributed by atoms with Crippen molar-refractivity contribution in [3.05, 3.63) is 107 Å². The van der Waals surface area contributed by atoms with E-state index in [2.05, 4.69) is 31.0 Å². The number of benzene rings is 2. The number of pyridine rings is 2. The van der Waals surface area contributed by atoms with E-state index in [4.69, 9.17) is 9.97 Å². The minimum absolute atomic E-state index is 0.120. The number of carbonyl (C=O) groups excluding carboxylic acids is 1. The summed E-state index contributed by atoms with van der Waals surface area (Å²) in [5.41, 5.74) is 6.21. The summed E-state index contributed by atoms with van der Waals surface area (Å²) in [5, 5.41) is 3.50. The molecule has 0 spiro atoms. The number of rotatable bonds is 5. The van der Waals surface area contributed by atoms with Crippen LogP contribution in [0.5, 0.6) is 0 Å². The lowest BCUT2D eigenvalue weighted by molar-refractivity contribution is 0.0986. The zero-order valence-electron chi connectivity index (χ0n) is 19.8. The van der Waals surface area contributed by atoms with Crippen LogP contribution in [-0.4, -0.2) is 20.9 Å². The predicted octanol–water partition coefficient (Wildman–Crippen LogP) is 7.43. The van der Waals surface area contributed by atoms with Crippen LogP contribution >= 0.6 is 22.7 Å². The van der Waals surface area contributed by atoms with Crippen LogP contribution in [0.15, 0.2) is 84.4 Å². The van der Waals surface area contributed by atoms with Crippen molar-refractivity contribution in [2.45, 2.75) is 20.4 Å². The number of anilines is 1. The third-order valence-corrected chi connectivity index (χ3v) is 8.17. The molecule has 0 unspecified atom stereocenters. The molecule has 7 heteroatoms. The molecule has 0 aliphatic rings. The number of para-hydroxylation sites is 1. The Kier molecular flexibility index (Phi) is 5.79. The molecular weight excluding hydrogens is 484 g/mol. The van der Waals surface area contributed by atoms with Crippen molar-refractivity contribution < 1.29 is 4.79 Å². The van der Waals surface area contributed by atoms with Crippen molar-refractivity contribution in [3.63, 3.8) is 0 Å². The first-order valence-corrected chi connectivity index (χ1v) is 13.3. The van der Waals surface area contributed by atoms with Gasteiger partial charge in [0.2, 0.25) is 0 Å². The average Bonchev–Trinajstić information content (AvgIpc) is 3.58. The van der Waals surface area contributed by atoms with Gasteiger partial charge in [-0.1, -0.05) is 47.7 Å². The second kappa shape index (κ2) is 9.26. The number of nitrogens with zero attached hydrogens (tertiary/aromatic N) is 4. The summed E-state index contributed by atoms with van der Waals surface area (Å²) in [6.07, 6.45) is 1.75. The quantitative estimate of drug-likeness (QED) is 0.244. The number of hydrogen-bond donors (Lipinski definition) is 0. The van der Waals surface area contributed by atoms with Crippen molar-refractivity contribution in [3.8, 4) is 10.6 Å². The number of carbonyl (C=O) groups is 1. The summed E-state index contributed by atoms with van der Waals surface area (Å²) in [7, 11) is 0. The lowest BCUT2D eigenvalue weighted by atomic mass is 10.1. The highest BCUT2D eigenvalue weighted by atomic mass is 32.1. The van der Waals surface area contributed by atoms with Gasteiger partial charge >= 0.3 is 0 Å². The molecule has 0 bridgehead atoms. The molecule has 0 fully saturated rings. The van der Waals surface area contributed by atoms with E-state index in [9.17, 15) is 4.79 Å². The first kappa shape index (κ1) is 22.5. The SMILES string of the molecule is Cc1cc(C)c2sc(N(Cc3ccccn3)C(=O)c3cc(-c4cccs4)nc4ccccc34)nc2c1. The molecule has 0 saturated heterocycles. The monoisotopic (exact) mass is 506 g/mol. The Balaban J connectivity index is 1.53. The van der Waals surface area contributed by atoms with Crippen molar-refractivity contribution in [2.24, 2.45) is 0 Å². The Morgan fingerprint density at radius 1 is 0.917 bits per heavy atom. The molecule has 0 N–H and O–H groups in total. The minimum Gasteiger partial charge on any atom is -0.278 e. The normalized spacial score (nSPS) is 11.3. The van der Waals surface area contributed by atoms with Crippen LogP contribution in [0.1, 0.15) is 27.2 Å². The molecule has 2 aromatic carbocycles. The summed E-state index contributed by atoms with van der Waals surface area (Å²) >= 11 is 3.15. The Morgan fingerprint density at radius 3 is 2.58 bits per heavy atom. The first-order chi connectivity index (χ1) is 17.6. The molecule has 36 heavy (non-hydrogen) atoms. The van der Waals surface area contributed by atoms with E-state index in [-0.39, 0.29) is 5.91 Å². The number of amides is 1. The topological polar surface area (TPSA) is 59.0 Å². The van der Waals surface area contributed by atoms with Crippen LogP contribution in [0.25, 0.3) is 31.7 Å². The zero-order chi connectivity index (χ0) is 24.6. The Hall–Kier alpha value is -3.94. The largest absolute Gasteiger partial charge is 0.278 e. The van der Waals surface area contributed by atoms with Gasteiger partial charge in [0, 0.05) is 11.6 Å². The lowest BCUT2D eigenvalue weighted by Crippen LogP contribution is -2.31. The average molecular weight is 507 g/mol. The zero-order valence-corrected chi connectivity index (χ0v) is 21.4. The predicted molar refractivity (Wildman–Crippen MR) is 149 cm³/mol. The van der Waals surface area contributed by atoms with Gasteiger partial charge < -0.3 is 0 Å².